The molecule has 2 heteroatoms. The highest BCUT2D eigenvalue weighted by Crippen LogP contribution is 2.08. The molecule has 1 rings (SSSR count). The normalized spacial score (nSPS) is 10.3. The molecule has 0 radical (unpaired) electrons. The van der Waals surface area contributed by atoms with Gasteiger partial charge in [-0.15, -0.1) is 0 Å². The average Bonchev–Trinajstić information content (AvgIpc) is 2.13. The van der Waals surface area contributed by atoms with E-state index in [9.17, 15) is 0 Å². The molecule has 0 unspecified atom stereocenters. The van der Waals surface area contributed by atoms with Crippen LogP contribution in [-0.4, -0.2) is 18.1 Å². The fourth-order valence-electron chi connectivity index (χ4n) is 1.24. The molecule has 0 aliphatic carbocycles. The minimum atomic E-state index is 0.790. The van der Waals surface area contributed by atoms with Gasteiger partial charge in [-0.05, 0) is 24.7 Å². The second-order valence-electron chi connectivity index (χ2n) is 3.14. The molecule has 0 aromatic heterocycles. The van der Waals surface area contributed by atoms with Gasteiger partial charge in [0.15, 0.2) is 0 Å². The van der Waals surface area contributed by atoms with Crippen molar-refractivity contribution in [1.29, 1.82) is 0 Å². The van der Waals surface area contributed by atoms with Gasteiger partial charge in [0.05, 0.1) is 0 Å². The van der Waals surface area contributed by atoms with Crippen LogP contribution in [0.25, 0.3) is 0 Å². The summed E-state index contributed by atoms with van der Waals surface area (Å²) in [6.45, 7) is 2.93. The highest BCUT2D eigenvalue weighted by molar-refractivity contribution is 7.99. The molecule has 0 spiro atoms. The molecule has 0 aliphatic rings. The number of hydrogen-bond acceptors (Lipinski definition) is 2. The zero-order valence-corrected chi connectivity index (χ0v) is 8.94. The first-order chi connectivity index (χ1) is 6.33. The molecule has 0 amide bonds. The van der Waals surface area contributed by atoms with Crippen LogP contribution >= 0.6 is 11.8 Å². The predicted molar refractivity (Wildman–Crippen MR) is 61.3 cm³/mol. The lowest BCUT2D eigenvalue weighted by atomic mass is 10.1. The van der Waals surface area contributed by atoms with Gasteiger partial charge in [0, 0.05) is 12.3 Å². The van der Waals surface area contributed by atoms with E-state index < -0.39 is 0 Å². The lowest BCUT2D eigenvalue weighted by molar-refractivity contribution is 1.12. The Labute approximate surface area is 84.7 Å². The second-order valence-corrected chi connectivity index (χ2v) is 4.36. The van der Waals surface area contributed by atoms with E-state index in [2.05, 4.69) is 31.2 Å². The van der Waals surface area contributed by atoms with Crippen molar-refractivity contribution in [3.05, 3.63) is 35.4 Å². The van der Waals surface area contributed by atoms with Crippen molar-refractivity contribution in [3.63, 3.8) is 0 Å². The molecule has 0 aliphatic heterocycles. The molecule has 13 heavy (non-hydrogen) atoms. The summed E-state index contributed by atoms with van der Waals surface area (Å²) in [7, 11) is 0. The zero-order valence-electron chi connectivity index (χ0n) is 8.12. The highest BCUT2D eigenvalue weighted by Gasteiger charge is 1.93. The lowest BCUT2D eigenvalue weighted by Crippen LogP contribution is -2.02. The molecule has 72 valence electrons. The van der Waals surface area contributed by atoms with Crippen LogP contribution in [0, 0.1) is 6.92 Å². The van der Waals surface area contributed by atoms with Gasteiger partial charge < -0.3 is 5.73 Å². The van der Waals surface area contributed by atoms with E-state index in [0.29, 0.717) is 0 Å². The van der Waals surface area contributed by atoms with Crippen molar-refractivity contribution in [2.75, 3.05) is 18.1 Å². The van der Waals surface area contributed by atoms with E-state index in [4.69, 9.17) is 5.73 Å². The monoisotopic (exact) mass is 195 g/mol. The maximum Gasteiger partial charge on any atom is 0.00559 e. The smallest absolute Gasteiger partial charge is 0.00559 e. The van der Waals surface area contributed by atoms with Crippen molar-refractivity contribution in [1.82, 2.24) is 0 Å². The Balaban J connectivity index is 2.28. The molecule has 0 saturated carbocycles. The summed E-state index contributed by atoms with van der Waals surface area (Å²) in [4.78, 5) is 0. The van der Waals surface area contributed by atoms with Gasteiger partial charge in [-0.25, -0.2) is 0 Å². The maximum absolute atomic E-state index is 5.41. The van der Waals surface area contributed by atoms with Crippen LogP contribution in [0.4, 0.5) is 0 Å². The highest BCUT2D eigenvalue weighted by atomic mass is 32.2. The first-order valence-corrected chi connectivity index (χ1v) is 5.82. The van der Waals surface area contributed by atoms with Crippen molar-refractivity contribution >= 4 is 11.8 Å². The fourth-order valence-corrected chi connectivity index (χ4v) is 1.99. The van der Waals surface area contributed by atoms with Crippen LogP contribution in [0.3, 0.4) is 0 Å². The third-order valence-corrected chi connectivity index (χ3v) is 2.90. The molecule has 0 bridgehead atoms. The van der Waals surface area contributed by atoms with Crippen LogP contribution in [0.2, 0.25) is 0 Å². The summed E-state index contributed by atoms with van der Waals surface area (Å²) in [6.07, 6.45) is 1.16. The summed E-state index contributed by atoms with van der Waals surface area (Å²) in [6, 6.07) is 8.70. The summed E-state index contributed by atoms with van der Waals surface area (Å²) in [5.41, 5.74) is 8.19. The number of nitrogens with two attached hydrogens (primary N) is 1. The van der Waals surface area contributed by atoms with Gasteiger partial charge >= 0.3 is 0 Å². The Morgan fingerprint density at radius 2 is 2.15 bits per heavy atom. The van der Waals surface area contributed by atoms with E-state index in [-0.39, 0.29) is 0 Å². The first kappa shape index (κ1) is 10.6. The molecule has 0 saturated heterocycles. The number of rotatable bonds is 5. The molecule has 0 atom stereocenters. The average molecular weight is 195 g/mol. The molecule has 0 heterocycles. The Kier molecular flexibility index (Phi) is 4.94. The number of hydrogen-bond donors (Lipinski definition) is 1. The van der Waals surface area contributed by atoms with Gasteiger partial charge in [0.2, 0.25) is 0 Å². The minimum Gasteiger partial charge on any atom is -0.330 e. The largest absolute Gasteiger partial charge is 0.330 e. The molecular weight excluding hydrogens is 178 g/mol. The Hall–Kier alpha value is -0.470. The van der Waals surface area contributed by atoms with Crippen molar-refractivity contribution in [2.45, 2.75) is 13.3 Å². The Morgan fingerprint density at radius 1 is 1.31 bits per heavy atom. The summed E-state index contributed by atoms with van der Waals surface area (Å²) >= 11 is 1.93. The molecule has 1 aromatic carbocycles. The van der Waals surface area contributed by atoms with Crippen molar-refractivity contribution < 1.29 is 0 Å². The zero-order chi connectivity index (χ0) is 9.52. The van der Waals surface area contributed by atoms with E-state index >= 15 is 0 Å². The van der Waals surface area contributed by atoms with E-state index in [1.54, 1.807) is 0 Å². The molecule has 1 aromatic rings. The maximum atomic E-state index is 5.41. The third-order valence-electron chi connectivity index (χ3n) is 1.88. The quantitative estimate of drug-likeness (QED) is 0.729. The van der Waals surface area contributed by atoms with Crippen LogP contribution in [0.5, 0.6) is 0 Å². The van der Waals surface area contributed by atoms with E-state index in [0.717, 1.165) is 18.7 Å². The van der Waals surface area contributed by atoms with E-state index in [1.165, 1.54) is 16.9 Å². The standard InChI is InChI=1S/C11H17NS/c1-10-3-2-4-11(9-10)5-7-13-8-6-12/h2-4,9H,5-8,12H2,1H3. The first-order valence-electron chi connectivity index (χ1n) is 4.66. The third kappa shape index (κ3) is 4.34. The van der Waals surface area contributed by atoms with Crippen molar-refractivity contribution in [3.8, 4) is 0 Å². The van der Waals surface area contributed by atoms with Crippen LogP contribution in [-0.2, 0) is 6.42 Å². The molecule has 1 nitrogen and oxygen atoms in total. The van der Waals surface area contributed by atoms with Gasteiger partial charge in [0.25, 0.3) is 0 Å². The molecule has 0 fully saturated rings. The summed E-state index contributed by atoms with van der Waals surface area (Å²) < 4.78 is 0. The second kappa shape index (κ2) is 6.06. The minimum absolute atomic E-state index is 0.790. The topological polar surface area (TPSA) is 26.0 Å². The van der Waals surface area contributed by atoms with E-state index in [1.807, 2.05) is 11.8 Å². The summed E-state index contributed by atoms with van der Waals surface area (Å²) in [5, 5.41) is 0. The SMILES string of the molecule is Cc1cccc(CCSCCN)c1. The lowest BCUT2D eigenvalue weighted by Gasteiger charge is -2.01. The number of benzene rings is 1. The number of thioether (sulfide) groups is 1. The Morgan fingerprint density at radius 3 is 2.85 bits per heavy atom. The van der Waals surface area contributed by atoms with Crippen LogP contribution < -0.4 is 5.73 Å². The summed E-state index contributed by atoms with van der Waals surface area (Å²) in [5.74, 6) is 2.26. The van der Waals surface area contributed by atoms with Gasteiger partial charge in [-0.1, -0.05) is 29.8 Å². The molecule has 2 N–H and O–H groups in total. The number of aryl methyl sites for hydroxylation is 2. The Bertz CT molecular complexity index is 248. The molecular formula is C11H17NS. The van der Waals surface area contributed by atoms with Crippen LogP contribution in [0.15, 0.2) is 24.3 Å². The van der Waals surface area contributed by atoms with Crippen LogP contribution in [0.1, 0.15) is 11.1 Å². The van der Waals surface area contributed by atoms with Gasteiger partial charge in [-0.3, -0.25) is 0 Å². The van der Waals surface area contributed by atoms with Gasteiger partial charge in [-0.2, -0.15) is 11.8 Å². The fraction of sp³-hybridized carbons (Fsp3) is 0.455. The van der Waals surface area contributed by atoms with Gasteiger partial charge in [0.1, 0.15) is 0 Å². The predicted octanol–water partition coefficient (Wildman–Crippen LogP) is 2.23. The van der Waals surface area contributed by atoms with Crippen molar-refractivity contribution in [2.24, 2.45) is 5.73 Å².